The number of hydrogen-bond donors (Lipinski definition) is 0. The van der Waals surface area contributed by atoms with E-state index in [9.17, 15) is 0 Å². The van der Waals surface area contributed by atoms with Gasteiger partial charge in [-0.1, -0.05) is 24.3 Å². The number of benzene rings is 1. The fourth-order valence-electron chi connectivity index (χ4n) is 3.53. The average Bonchev–Trinajstić information content (AvgIpc) is 3.21. The van der Waals surface area contributed by atoms with E-state index >= 15 is 0 Å². The number of fused-ring (bicyclic) bond motifs is 1. The van der Waals surface area contributed by atoms with Crippen LogP contribution in [-0.2, 0) is 19.5 Å². The van der Waals surface area contributed by atoms with E-state index in [1.165, 1.54) is 11.1 Å². The summed E-state index contributed by atoms with van der Waals surface area (Å²) < 4.78 is 7.72. The van der Waals surface area contributed by atoms with E-state index in [1.54, 1.807) is 0 Å². The average molecular weight is 337 g/mol. The summed E-state index contributed by atoms with van der Waals surface area (Å²) in [7, 11) is 0. The molecule has 1 saturated carbocycles. The lowest BCUT2D eigenvalue weighted by Crippen LogP contribution is -2.35. The van der Waals surface area contributed by atoms with Crippen LogP contribution < -0.4 is 0 Å². The first kappa shape index (κ1) is 14.7. The Morgan fingerprint density at radius 3 is 2.72 bits per heavy atom. The molecule has 0 bridgehead atoms. The van der Waals surface area contributed by atoms with Crippen molar-refractivity contribution in [3.63, 3.8) is 0 Å². The van der Waals surface area contributed by atoms with Gasteiger partial charge in [0.2, 0.25) is 11.8 Å². The molecule has 3 aromatic rings. The van der Waals surface area contributed by atoms with E-state index in [4.69, 9.17) is 4.42 Å². The van der Waals surface area contributed by atoms with Gasteiger partial charge in [-0.2, -0.15) is 0 Å². The molecule has 2 aromatic heterocycles. The van der Waals surface area contributed by atoms with Crippen LogP contribution in [-0.4, -0.2) is 35.3 Å². The highest BCUT2D eigenvalue weighted by Gasteiger charge is 2.34. The zero-order valence-corrected chi connectivity index (χ0v) is 14.0. The normalized spacial score (nSPS) is 20.6. The minimum Gasteiger partial charge on any atom is -0.424 e. The molecule has 0 saturated heterocycles. The highest BCUT2D eigenvalue weighted by atomic mass is 16.4. The van der Waals surface area contributed by atoms with Crippen LogP contribution in [0, 0.1) is 6.92 Å². The van der Waals surface area contributed by atoms with E-state index < -0.39 is 0 Å². The summed E-state index contributed by atoms with van der Waals surface area (Å²) in [5.74, 6) is 2.16. The maximum Gasteiger partial charge on any atom is 0.233 e. The molecule has 8 heteroatoms. The number of tetrazole rings is 1. The van der Waals surface area contributed by atoms with Crippen molar-refractivity contribution in [3.05, 3.63) is 53.0 Å². The van der Waals surface area contributed by atoms with Crippen molar-refractivity contribution >= 4 is 0 Å². The number of rotatable bonds is 4. The summed E-state index contributed by atoms with van der Waals surface area (Å²) in [5.41, 5.74) is 2.67. The lowest BCUT2D eigenvalue weighted by Gasteiger charge is -2.34. The summed E-state index contributed by atoms with van der Waals surface area (Å²) in [4.78, 5) is 2.33. The van der Waals surface area contributed by atoms with Crippen LogP contribution >= 0.6 is 0 Å². The second-order valence-corrected chi connectivity index (χ2v) is 6.82. The van der Waals surface area contributed by atoms with E-state index in [-0.39, 0.29) is 6.04 Å². The van der Waals surface area contributed by atoms with Gasteiger partial charge in [0.25, 0.3) is 0 Å². The second kappa shape index (κ2) is 5.73. The topological polar surface area (TPSA) is 85.8 Å². The highest BCUT2D eigenvalue weighted by Crippen LogP contribution is 2.37. The number of hydrogen-bond acceptors (Lipinski definition) is 7. The molecule has 0 radical (unpaired) electrons. The fourth-order valence-corrected chi connectivity index (χ4v) is 3.53. The van der Waals surface area contributed by atoms with Gasteiger partial charge in [-0.25, -0.2) is 4.68 Å². The molecule has 2 aliphatic rings. The van der Waals surface area contributed by atoms with Crippen LogP contribution in [0.2, 0.25) is 0 Å². The molecule has 1 aromatic carbocycles. The van der Waals surface area contributed by atoms with Gasteiger partial charge in [0.05, 0.1) is 18.6 Å². The monoisotopic (exact) mass is 337 g/mol. The van der Waals surface area contributed by atoms with Crippen molar-refractivity contribution in [2.75, 3.05) is 0 Å². The molecule has 128 valence electrons. The third-order valence-corrected chi connectivity index (χ3v) is 4.97. The van der Waals surface area contributed by atoms with Crippen molar-refractivity contribution in [2.45, 2.75) is 51.4 Å². The van der Waals surface area contributed by atoms with Gasteiger partial charge < -0.3 is 4.42 Å². The maximum absolute atomic E-state index is 5.76. The Balaban J connectivity index is 1.49. The van der Waals surface area contributed by atoms with E-state index in [0.717, 1.165) is 31.6 Å². The molecule has 1 fully saturated rings. The van der Waals surface area contributed by atoms with Crippen LogP contribution in [0.4, 0.5) is 0 Å². The Morgan fingerprint density at radius 1 is 1.12 bits per heavy atom. The molecule has 8 nitrogen and oxygen atoms in total. The Bertz CT molecular complexity index is 898. The zero-order chi connectivity index (χ0) is 16.8. The van der Waals surface area contributed by atoms with Gasteiger partial charge in [0, 0.05) is 13.5 Å². The number of aryl methyl sites for hydroxylation is 1. The molecule has 1 atom stereocenters. The molecule has 0 N–H and O–H groups in total. The lowest BCUT2D eigenvalue weighted by molar-refractivity contribution is 0.131. The molecule has 1 unspecified atom stereocenters. The predicted octanol–water partition coefficient (Wildman–Crippen LogP) is 2.00. The van der Waals surface area contributed by atoms with Gasteiger partial charge in [-0.3, -0.25) is 4.90 Å². The third kappa shape index (κ3) is 2.72. The lowest BCUT2D eigenvalue weighted by atomic mass is 9.94. The van der Waals surface area contributed by atoms with Crippen LogP contribution in [0.15, 0.2) is 28.7 Å². The maximum atomic E-state index is 5.76. The first-order valence-corrected chi connectivity index (χ1v) is 8.65. The van der Waals surface area contributed by atoms with Crippen molar-refractivity contribution in [1.29, 1.82) is 0 Å². The Morgan fingerprint density at radius 2 is 1.96 bits per heavy atom. The van der Waals surface area contributed by atoms with Gasteiger partial charge in [-0.05, 0) is 40.8 Å². The summed E-state index contributed by atoms with van der Waals surface area (Å²) in [6, 6.07) is 9.03. The molecule has 0 spiro atoms. The van der Waals surface area contributed by atoms with Crippen LogP contribution in [0.1, 0.15) is 53.7 Å². The third-order valence-electron chi connectivity index (χ3n) is 4.97. The molecule has 5 rings (SSSR count). The van der Waals surface area contributed by atoms with Gasteiger partial charge in [0.15, 0.2) is 5.82 Å². The fraction of sp³-hybridized carbons (Fsp3) is 0.471. The molecule has 3 heterocycles. The first-order chi connectivity index (χ1) is 12.3. The van der Waals surface area contributed by atoms with Crippen molar-refractivity contribution in [2.24, 2.45) is 0 Å². The standard InChI is InChI=1S/C17H19N7O/c1-11-18-20-17(25-11)15-8-12-4-2-3-5-13(12)9-23(15)10-16-19-21-22-24(16)14-6-7-14/h2-5,14-15H,6-10H2,1H3. The van der Waals surface area contributed by atoms with E-state index in [1.807, 2.05) is 11.6 Å². The Hall–Kier alpha value is -2.61. The largest absolute Gasteiger partial charge is 0.424 e. The SMILES string of the molecule is Cc1nnc(C2Cc3ccccc3CN2Cc2nnnn2C2CC2)o1. The van der Waals surface area contributed by atoms with Crippen molar-refractivity contribution in [3.8, 4) is 0 Å². The van der Waals surface area contributed by atoms with Crippen LogP contribution in [0.3, 0.4) is 0 Å². The van der Waals surface area contributed by atoms with Crippen LogP contribution in [0.25, 0.3) is 0 Å². The Labute approximate surface area is 144 Å². The molecule has 25 heavy (non-hydrogen) atoms. The van der Waals surface area contributed by atoms with Gasteiger partial charge >= 0.3 is 0 Å². The molecule has 1 aliphatic heterocycles. The summed E-state index contributed by atoms with van der Waals surface area (Å²) >= 11 is 0. The van der Waals surface area contributed by atoms with Gasteiger partial charge in [-0.15, -0.1) is 15.3 Å². The summed E-state index contributed by atoms with van der Waals surface area (Å²) in [5, 5.41) is 20.6. The summed E-state index contributed by atoms with van der Waals surface area (Å²) in [6.45, 7) is 3.31. The highest BCUT2D eigenvalue weighted by molar-refractivity contribution is 5.30. The Kier molecular flexibility index (Phi) is 3.37. The summed E-state index contributed by atoms with van der Waals surface area (Å²) in [6.07, 6.45) is 3.17. The smallest absolute Gasteiger partial charge is 0.233 e. The van der Waals surface area contributed by atoms with Gasteiger partial charge in [0.1, 0.15) is 0 Å². The van der Waals surface area contributed by atoms with Crippen molar-refractivity contribution < 1.29 is 4.42 Å². The molecular weight excluding hydrogens is 318 g/mol. The second-order valence-electron chi connectivity index (χ2n) is 6.82. The predicted molar refractivity (Wildman–Crippen MR) is 87.3 cm³/mol. The van der Waals surface area contributed by atoms with E-state index in [0.29, 0.717) is 24.4 Å². The molecule has 0 amide bonds. The number of aromatic nitrogens is 6. The zero-order valence-electron chi connectivity index (χ0n) is 14.0. The minimum absolute atomic E-state index is 0.0421. The minimum atomic E-state index is 0.0421. The molecular formula is C17H19N7O. The van der Waals surface area contributed by atoms with E-state index in [2.05, 4.69) is 54.9 Å². The van der Waals surface area contributed by atoms with Crippen molar-refractivity contribution in [1.82, 2.24) is 35.3 Å². The molecule has 1 aliphatic carbocycles. The quantitative estimate of drug-likeness (QED) is 0.719. The first-order valence-electron chi connectivity index (χ1n) is 8.65. The number of nitrogens with zero attached hydrogens (tertiary/aromatic N) is 7. The van der Waals surface area contributed by atoms with Crippen LogP contribution in [0.5, 0.6) is 0 Å².